The normalized spacial score (nSPS) is 10.8. The van der Waals surface area contributed by atoms with Crippen molar-refractivity contribution in [3.8, 4) is 5.88 Å². The fraction of sp³-hybridized carbons (Fsp3) is 0.333. The Morgan fingerprint density at radius 2 is 2.18 bits per heavy atom. The third kappa shape index (κ3) is 4.00. The molecule has 2 rings (SSSR count). The van der Waals surface area contributed by atoms with E-state index in [0.717, 1.165) is 0 Å². The highest BCUT2D eigenvalue weighted by molar-refractivity contribution is 7.78. The number of ether oxygens (including phenoxy) is 2. The average molecular weight is 324 g/mol. The molecule has 118 valence electrons. The third-order valence-corrected chi connectivity index (χ3v) is 3.12. The molecule has 0 aliphatic carbocycles. The maximum Gasteiger partial charge on any atom is 0.338 e. The summed E-state index contributed by atoms with van der Waals surface area (Å²) >= 11 is 4.01. The first kappa shape index (κ1) is 16.4. The van der Waals surface area contributed by atoms with Gasteiger partial charge in [-0.05, 0) is 38.3 Å². The predicted molar refractivity (Wildman–Crippen MR) is 82.7 cm³/mol. The first-order valence-corrected chi connectivity index (χ1v) is 7.16. The molecule has 1 aromatic heterocycles. The molecule has 0 aliphatic rings. The standard InChI is InChI=1S/C15H17FN2O3S/c1-10(2)21-15(19)12-5-3-4-11(8-16)13(12)9-20-14-6-7-18(22)17-14/h3-7,10,22H,8-9H2,1-2H3. The summed E-state index contributed by atoms with van der Waals surface area (Å²) < 4.78 is 25.2. The molecule has 0 bridgehead atoms. The van der Waals surface area contributed by atoms with Crippen LogP contribution in [0.15, 0.2) is 30.5 Å². The molecule has 0 N–H and O–H groups in total. The number of hydrogen-bond acceptors (Lipinski definition) is 5. The lowest BCUT2D eigenvalue weighted by Crippen LogP contribution is -2.15. The molecular formula is C15H17FN2O3S. The van der Waals surface area contributed by atoms with Crippen molar-refractivity contribution in [3.63, 3.8) is 0 Å². The van der Waals surface area contributed by atoms with Gasteiger partial charge in [0.05, 0.1) is 11.7 Å². The molecule has 0 atom stereocenters. The van der Waals surface area contributed by atoms with Gasteiger partial charge in [0, 0.05) is 17.8 Å². The Kier molecular flexibility index (Phi) is 5.43. The van der Waals surface area contributed by atoms with Crippen molar-refractivity contribution in [1.29, 1.82) is 0 Å². The third-order valence-electron chi connectivity index (χ3n) is 2.90. The fourth-order valence-electron chi connectivity index (χ4n) is 1.92. The molecule has 1 heterocycles. The second-order valence-corrected chi connectivity index (χ2v) is 5.30. The molecule has 0 fully saturated rings. The van der Waals surface area contributed by atoms with Crippen LogP contribution in [0, 0.1) is 0 Å². The Bertz CT molecular complexity index is 658. The fourth-order valence-corrected chi connectivity index (χ4v) is 2.08. The van der Waals surface area contributed by atoms with E-state index in [4.69, 9.17) is 9.47 Å². The van der Waals surface area contributed by atoms with E-state index in [2.05, 4.69) is 17.9 Å². The number of alkyl halides is 1. The van der Waals surface area contributed by atoms with Crippen molar-refractivity contribution >= 4 is 18.8 Å². The highest BCUT2D eigenvalue weighted by Crippen LogP contribution is 2.20. The van der Waals surface area contributed by atoms with Gasteiger partial charge in [-0.2, -0.15) is 0 Å². The number of halogens is 1. The van der Waals surface area contributed by atoms with Crippen molar-refractivity contribution in [1.82, 2.24) is 9.19 Å². The predicted octanol–water partition coefficient (Wildman–Crippen LogP) is 3.19. The molecule has 5 nitrogen and oxygen atoms in total. The molecule has 1 aromatic carbocycles. The minimum atomic E-state index is -0.692. The lowest BCUT2D eigenvalue weighted by Gasteiger charge is -2.14. The van der Waals surface area contributed by atoms with Gasteiger partial charge < -0.3 is 9.47 Å². The zero-order valence-electron chi connectivity index (χ0n) is 12.3. The number of carbonyl (C=O) groups is 1. The van der Waals surface area contributed by atoms with E-state index in [1.165, 1.54) is 4.09 Å². The van der Waals surface area contributed by atoms with Crippen LogP contribution in [-0.4, -0.2) is 21.3 Å². The summed E-state index contributed by atoms with van der Waals surface area (Å²) in [6, 6.07) is 6.46. The van der Waals surface area contributed by atoms with Crippen molar-refractivity contribution in [2.45, 2.75) is 33.2 Å². The van der Waals surface area contributed by atoms with Gasteiger partial charge in [-0.1, -0.05) is 12.1 Å². The molecule has 0 saturated carbocycles. The number of benzene rings is 1. The van der Waals surface area contributed by atoms with Crippen molar-refractivity contribution in [2.75, 3.05) is 0 Å². The van der Waals surface area contributed by atoms with Gasteiger partial charge in [-0.3, -0.25) is 0 Å². The quantitative estimate of drug-likeness (QED) is 0.655. The van der Waals surface area contributed by atoms with Gasteiger partial charge in [0.25, 0.3) is 0 Å². The van der Waals surface area contributed by atoms with E-state index in [1.807, 2.05) is 0 Å². The van der Waals surface area contributed by atoms with E-state index in [-0.39, 0.29) is 12.7 Å². The zero-order chi connectivity index (χ0) is 16.1. The average Bonchev–Trinajstić information content (AvgIpc) is 2.89. The van der Waals surface area contributed by atoms with E-state index >= 15 is 0 Å². The second-order valence-electron chi connectivity index (χ2n) is 4.89. The van der Waals surface area contributed by atoms with Gasteiger partial charge >= 0.3 is 5.97 Å². The van der Waals surface area contributed by atoms with Crippen LogP contribution in [0.3, 0.4) is 0 Å². The molecule has 0 radical (unpaired) electrons. The number of carbonyl (C=O) groups excluding carboxylic acids is 1. The van der Waals surface area contributed by atoms with E-state index in [9.17, 15) is 9.18 Å². The van der Waals surface area contributed by atoms with Crippen molar-refractivity contribution in [2.24, 2.45) is 0 Å². The minimum Gasteiger partial charge on any atom is -0.472 e. The largest absolute Gasteiger partial charge is 0.472 e. The van der Waals surface area contributed by atoms with Crippen LogP contribution < -0.4 is 4.74 Å². The second kappa shape index (κ2) is 7.31. The van der Waals surface area contributed by atoms with Crippen molar-refractivity contribution < 1.29 is 18.7 Å². The number of thiol groups is 1. The molecule has 7 heteroatoms. The number of nitrogens with zero attached hydrogens (tertiary/aromatic N) is 2. The van der Waals surface area contributed by atoms with Gasteiger partial charge in [0.15, 0.2) is 0 Å². The molecule has 0 amide bonds. The molecule has 22 heavy (non-hydrogen) atoms. The first-order chi connectivity index (χ1) is 10.5. The Morgan fingerprint density at radius 1 is 1.41 bits per heavy atom. The number of esters is 1. The SMILES string of the molecule is CC(C)OC(=O)c1cccc(CF)c1COc1ccn(S)n1. The maximum atomic E-state index is 13.2. The highest BCUT2D eigenvalue weighted by atomic mass is 32.1. The first-order valence-electron chi connectivity index (χ1n) is 6.76. The molecule has 0 unspecified atom stereocenters. The van der Waals surface area contributed by atoms with Gasteiger partial charge in [-0.15, -0.1) is 5.10 Å². The van der Waals surface area contributed by atoms with Gasteiger partial charge in [0.1, 0.15) is 13.3 Å². The maximum absolute atomic E-state index is 13.2. The molecular weight excluding hydrogens is 307 g/mol. The summed E-state index contributed by atoms with van der Waals surface area (Å²) in [5.41, 5.74) is 1.15. The van der Waals surface area contributed by atoms with Crippen LogP contribution in [0.4, 0.5) is 4.39 Å². The zero-order valence-corrected chi connectivity index (χ0v) is 13.2. The summed E-state index contributed by atoms with van der Waals surface area (Å²) in [5.74, 6) is -0.157. The van der Waals surface area contributed by atoms with Gasteiger partial charge in [0.2, 0.25) is 5.88 Å². The van der Waals surface area contributed by atoms with Crippen LogP contribution in [0.2, 0.25) is 0 Å². The van der Waals surface area contributed by atoms with E-state index < -0.39 is 12.6 Å². The Hall–Kier alpha value is -2.02. The Labute approximate surface area is 133 Å². The summed E-state index contributed by atoms with van der Waals surface area (Å²) in [4.78, 5) is 12.1. The summed E-state index contributed by atoms with van der Waals surface area (Å²) in [7, 11) is 0. The summed E-state index contributed by atoms with van der Waals surface area (Å²) in [5, 5.41) is 3.95. The summed E-state index contributed by atoms with van der Waals surface area (Å²) in [6.45, 7) is 2.84. The van der Waals surface area contributed by atoms with Crippen LogP contribution in [0.1, 0.15) is 35.3 Å². The van der Waals surface area contributed by atoms with Crippen LogP contribution in [-0.2, 0) is 18.0 Å². The van der Waals surface area contributed by atoms with Crippen LogP contribution in [0.25, 0.3) is 0 Å². The molecule has 2 aromatic rings. The number of hydrogen-bond donors (Lipinski definition) is 1. The van der Waals surface area contributed by atoms with Gasteiger partial charge in [-0.25, -0.2) is 13.3 Å². The number of rotatable bonds is 6. The van der Waals surface area contributed by atoms with Crippen LogP contribution >= 0.6 is 12.8 Å². The monoisotopic (exact) mass is 324 g/mol. The molecule has 0 spiro atoms. The van der Waals surface area contributed by atoms with E-state index in [0.29, 0.717) is 22.6 Å². The lowest BCUT2D eigenvalue weighted by atomic mass is 10.0. The lowest BCUT2D eigenvalue weighted by molar-refractivity contribution is 0.0374. The molecule has 0 saturated heterocycles. The number of aromatic nitrogens is 2. The summed E-state index contributed by atoms with van der Waals surface area (Å²) in [6.07, 6.45) is 1.35. The van der Waals surface area contributed by atoms with E-state index in [1.54, 1.807) is 44.3 Å². The Balaban J connectivity index is 2.24. The topological polar surface area (TPSA) is 53.4 Å². The smallest absolute Gasteiger partial charge is 0.338 e. The highest BCUT2D eigenvalue weighted by Gasteiger charge is 2.18. The Morgan fingerprint density at radius 3 is 2.77 bits per heavy atom. The van der Waals surface area contributed by atoms with Crippen LogP contribution in [0.5, 0.6) is 5.88 Å². The molecule has 0 aliphatic heterocycles. The van der Waals surface area contributed by atoms with Crippen molar-refractivity contribution in [3.05, 3.63) is 47.2 Å². The minimum absolute atomic E-state index is 0.0212.